The van der Waals surface area contributed by atoms with Crippen molar-refractivity contribution in [1.82, 2.24) is 14.9 Å². The maximum absolute atomic E-state index is 13.2. The van der Waals surface area contributed by atoms with Gasteiger partial charge >= 0.3 is 0 Å². The molecule has 3 rings (SSSR count). The molecule has 0 aliphatic heterocycles. The van der Waals surface area contributed by atoms with Crippen molar-refractivity contribution in [3.63, 3.8) is 0 Å². The number of hydrogen-bond acceptors (Lipinski definition) is 7. The number of thioether (sulfide) groups is 1. The highest BCUT2D eigenvalue weighted by Crippen LogP contribution is 2.30. The van der Waals surface area contributed by atoms with Crippen LogP contribution in [-0.4, -0.2) is 31.5 Å². The zero-order valence-corrected chi connectivity index (χ0v) is 16.6. The predicted octanol–water partition coefficient (Wildman–Crippen LogP) is 3.74. The highest BCUT2D eigenvalue weighted by Gasteiger charge is 2.19. The van der Waals surface area contributed by atoms with E-state index >= 15 is 0 Å². The van der Waals surface area contributed by atoms with E-state index in [0.717, 1.165) is 34.6 Å². The molecule has 0 radical (unpaired) electrons. The SMILES string of the molecule is Nn1c(SCC(=O)Nc2ccc(F)cc2[N+](=O)[O-])nnc1-c1ccc(Cl)cc1Cl. The van der Waals surface area contributed by atoms with Gasteiger partial charge in [0.1, 0.15) is 11.5 Å². The lowest BCUT2D eigenvalue weighted by atomic mass is 10.2. The molecule has 29 heavy (non-hydrogen) atoms. The van der Waals surface area contributed by atoms with Gasteiger partial charge in [-0.05, 0) is 30.3 Å². The third kappa shape index (κ3) is 4.75. The van der Waals surface area contributed by atoms with Gasteiger partial charge in [-0.25, -0.2) is 9.07 Å². The first-order chi connectivity index (χ1) is 13.8. The summed E-state index contributed by atoms with van der Waals surface area (Å²) in [5.41, 5.74) is -0.167. The van der Waals surface area contributed by atoms with Crippen molar-refractivity contribution in [2.24, 2.45) is 0 Å². The van der Waals surface area contributed by atoms with Crippen molar-refractivity contribution >= 4 is 52.2 Å². The third-order valence-corrected chi connectivity index (χ3v) is 5.09. The van der Waals surface area contributed by atoms with Gasteiger partial charge in [0.2, 0.25) is 11.1 Å². The van der Waals surface area contributed by atoms with Crippen molar-refractivity contribution in [3.05, 3.63) is 62.4 Å². The van der Waals surface area contributed by atoms with Crippen LogP contribution in [0.1, 0.15) is 0 Å². The number of nitro benzene ring substituents is 1. The average Bonchev–Trinajstić information content (AvgIpc) is 3.02. The summed E-state index contributed by atoms with van der Waals surface area (Å²) in [6, 6.07) is 7.63. The topological polar surface area (TPSA) is 129 Å². The van der Waals surface area contributed by atoms with E-state index in [9.17, 15) is 19.3 Å². The summed E-state index contributed by atoms with van der Waals surface area (Å²) in [7, 11) is 0. The molecule has 0 fully saturated rings. The summed E-state index contributed by atoms with van der Waals surface area (Å²) in [6.07, 6.45) is 0. The van der Waals surface area contributed by atoms with Crippen LogP contribution >= 0.6 is 35.0 Å². The van der Waals surface area contributed by atoms with Crippen LogP contribution in [0.25, 0.3) is 11.4 Å². The van der Waals surface area contributed by atoms with Crippen molar-refractivity contribution in [3.8, 4) is 11.4 Å². The van der Waals surface area contributed by atoms with Crippen LogP contribution < -0.4 is 11.2 Å². The number of carbonyl (C=O) groups excluding carboxylic acids is 1. The molecule has 1 aromatic heterocycles. The number of halogens is 3. The second-order valence-electron chi connectivity index (χ2n) is 5.56. The monoisotopic (exact) mass is 456 g/mol. The van der Waals surface area contributed by atoms with Crippen molar-refractivity contribution in [1.29, 1.82) is 0 Å². The Balaban J connectivity index is 1.70. The van der Waals surface area contributed by atoms with Crippen LogP contribution in [0, 0.1) is 15.9 Å². The number of nitrogens with one attached hydrogen (secondary N) is 1. The van der Waals surface area contributed by atoms with Gasteiger partial charge < -0.3 is 11.2 Å². The standard InChI is InChI=1S/C16H11Cl2FN6O3S/c17-8-1-3-10(11(18)5-8)15-22-23-16(24(15)20)29-7-14(26)21-12-4-2-9(19)6-13(12)25(27)28/h1-6H,7,20H2,(H,21,26). The Hall–Kier alpha value is -2.89. The number of anilines is 1. The van der Waals surface area contributed by atoms with Crippen LogP contribution in [0.5, 0.6) is 0 Å². The molecule has 0 atom stereocenters. The zero-order chi connectivity index (χ0) is 21.1. The molecule has 0 aliphatic carbocycles. The van der Waals surface area contributed by atoms with Crippen LogP contribution in [-0.2, 0) is 4.79 Å². The van der Waals surface area contributed by atoms with Gasteiger partial charge in [-0.15, -0.1) is 10.2 Å². The van der Waals surface area contributed by atoms with E-state index < -0.39 is 22.3 Å². The molecule has 0 unspecified atom stereocenters. The van der Waals surface area contributed by atoms with Gasteiger partial charge in [0.05, 0.1) is 21.8 Å². The lowest BCUT2D eigenvalue weighted by Crippen LogP contribution is -2.17. The van der Waals surface area contributed by atoms with Gasteiger partial charge in [-0.1, -0.05) is 35.0 Å². The number of carbonyl (C=O) groups is 1. The summed E-state index contributed by atoms with van der Waals surface area (Å²) in [6.45, 7) is 0. The fourth-order valence-electron chi connectivity index (χ4n) is 2.31. The number of rotatable bonds is 6. The molecule has 9 nitrogen and oxygen atoms in total. The number of amides is 1. The normalized spacial score (nSPS) is 10.7. The first-order valence-electron chi connectivity index (χ1n) is 7.78. The van der Waals surface area contributed by atoms with Crippen LogP contribution in [0.4, 0.5) is 15.8 Å². The lowest BCUT2D eigenvalue weighted by molar-refractivity contribution is -0.384. The fraction of sp³-hybridized carbons (Fsp3) is 0.0625. The van der Waals surface area contributed by atoms with Crippen LogP contribution in [0.3, 0.4) is 0 Å². The number of nitrogen functional groups attached to an aromatic ring is 1. The summed E-state index contributed by atoms with van der Waals surface area (Å²) in [5.74, 6) is 4.72. The van der Waals surface area contributed by atoms with E-state index in [4.69, 9.17) is 29.0 Å². The minimum absolute atomic E-state index is 0.121. The van der Waals surface area contributed by atoms with Crippen molar-refractivity contribution < 1.29 is 14.1 Å². The molecule has 0 spiro atoms. The van der Waals surface area contributed by atoms with E-state index in [-0.39, 0.29) is 22.4 Å². The van der Waals surface area contributed by atoms with Gasteiger partial charge in [0, 0.05) is 10.6 Å². The number of nitro groups is 1. The minimum Gasteiger partial charge on any atom is -0.335 e. The summed E-state index contributed by atoms with van der Waals surface area (Å²) >= 11 is 13.0. The largest absolute Gasteiger partial charge is 0.335 e. The van der Waals surface area contributed by atoms with Crippen molar-refractivity contribution in [2.45, 2.75) is 5.16 Å². The number of benzene rings is 2. The Kier molecular flexibility index (Phi) is 6.20. The maximum atomic E-state index is 13.2. The predicted molar refractivity (Wildman–Crippen MR) is 108 cm³/mol. The molecule has 150 valence electrons. The molecule has 1 heterocycles. The number of hydrogen-bond donors (Lipinski definition) is 2. The first kappa shape index (κ1) is 20.8. The molecule has 0 aliphatic rings. The van der Waals surface area contributed by atoms with E-state index in [1.807, 2.05) is 0 Å². The molecule has 3 aromatic rings. The molecule has 0 bridgehead atoms. The Morgan fingerprint density at radius 3 is 2.72 bits per heavy atom. The van der Waals surface area contributed by atoms with E-state index in [0.29, 0.717) is 15.6 Å². The Morgan fingerprint density at radius 2 is 2.03 bits per heavy atom. The van der Waals surface area contributed by atoms with Gasteiger partial charge in [-0.3, -0.25) is 14.9 Å². The number of aromatic nitrogens is 3. The van der Waals surface area contributed by atoms with Gasteiger partial charge in [-0.2, -0.15) is 0 Å². The quantitative estimate of drug-likeness (QED) is 0.250. The molecule has 3 N–H and O–H groups in total. The van der Waals surface area contributed by atoms with Gasteiger partial charge in [0.15, 0.2) is 5.82 Å². The molecular weight excluding hydrogens is 446 g/mol. The summed E-state index contributed by atoms with van der Waals surface area (Å²) in [4.78, 5) is 22.3. The van der Waals surface area contributed by atoms with Crippen molar-refractivity contribution in [2.75, 3.05) is 16.9 Å². The summed E-state index contributed by atoms with van der Waals surface area (Å²) in [5, 5.41) is 22.2. The van der Waals surface area contributed by atoms with E-state index in [1.165, 1.54) is 6.07 Å². The van der Waals surface area contributed by atoms with E-state index in [1.54, 1.807) is 12.1 Å². The fourth-order valence-corrected chi connectivity index (χ4v) is 3.46. The molecular formula is C16H11Cl2FN6O3S. The maximum Gasteiger partial charge on any atom is 0.295 e. The number of nitrogens with two attached hydrogens (primary N) is 1. The van der Waals surface area contributed by atoms with Gasteiger partial charge in [0.25, 0.3) is 5.69 Å². The summed E-state index contributed by atoms with van der Waals surface area (Å²) < 4.78 is 14.3. The van der Waals surface area contributed by atoms with E-state index in [2.05, 4.69) is 15.5 Å². The number of nitrogens with zero attached hydrogens (tertiary/aromatic N) is 4. The zero-order valence-electron chi connectivity index (χ0n) is 14.3. The van der Waals surface area contributed by atoms with Crippen LogP contribution in [0.2, 0.25) is 10.0 Å². The molecule has 0 saturated carbocycles. The highest BCUT2D eigenvalue weighted by atomic mass is 35.5. The van der Waals surface area contributed by atoms with Crippen LogP contribution in [0.15, 0.2) is 41.6 Å². The minimum atomic E-state index is -0.787. The Labute approximate surface area is 177 Å². The third-order valence-electron chi connectivity index (χ3n) is 3.60. The lowest BCUT2D eigenvalue weighted by Gasteiger charge is -2.07. The molecule has 0 saturated heterocycles. The average molecular weight is 457 g/mol. The second kappa shape index (κ2) is 8.64. The molecule has 2 aromatic carbocycles. The smallest absolute Gasteiger partial charge is 0.295 e. The highest BCUT2D eigenvalue weighted by molar-refractivity contribution is 7.99. The first-order valence-corrected chi connectivity index (χ1v) is 9.53. The Bertz CT molecular complexity index is 1110. The second-order valence-corrected chi connectivity index (χ2v) is 7.34. The Morgan fingerprint density at radius 1 is 1.28 bits per heavy atom. The molecule has 13 heteroatoms. The molecule has 1 amide bonds.